The second-order valence-corrected chi connectivity index (χ2v) is 7.97. The van der Waals surface area contributed by atoms with Crippen molar-refractivity contribution in [3.05, 3.63) is 69.8 Å². The molecule has 158 valence electrons. The van der Waals surface area contributed by atoms with Crippen LogP contribution in [0.4, 0.5) is 24.5 Å². The molecular formula is C17H14F3N5O4S. The first-order chi connectivity index (χ1) is 13.9. The summed E-state index contributed by atoms with van der Waals surface area (Å²) in [7, 11) is -4.48. The Hall–Kier alpha value is -3.48. The lowest BCUT2D eigenvalue weighted by Crippen LogP contribution is -2.18. The molecule has 1 aromatic heterocycles. The van der Waals surface area contributed by atoms with Crippen molar-refractivity contribution in [2.45, 2.75) is 24.9 Å². The Labute approximate surface area is 168 Å². The molecule has 3 aromatic rings. The molecule has 13 heteroatoms. The molecule has 0 fully saturated rings. The first-order valence-electron chi connectivity index (χ1n) is 8.25. The van der Waals surface area contributed by atoms with E-state index < -0.39 is 43.0 Å². The van der Waals surface area contributed by atoms with Crippen LogP contribution in [0.15, 0.2) is 47.9 Å². The van der Waals surface area contributed by atoms with Gasteiger partial charge in [0.1, 0.15) is 12.7 Å². The van der Waals surface area contributed by atoms with Gasteiger partial charge in [-0.25, -0.2) is 18.1 Å². The molecule has 0 unspecified atom stereocenters. The molecule has 1 N–H and O–H groups in total. The molecule has 0 aliphatic heterocycles. The minimum absolute atomic E-state index is 0.0103. The highest BCUT2D eigenvalue weighted by Crippen LogP contribution is 2.35. The Morgan fingerprint density at radius 1 is 1.17 bits per heavy atom. The van der Waals surface area contributed by atoms with Gasteiger partial charge in [0, 0.05) is 12.1 Å². The normalized spacial score (nSPS) is 12.0. The molecule has 0 bridgehead atoms. The van der Waals surface area contributed by atoms with Gasteiger partial charge in [-0.3, -0.25) is 14.8 Å². The van der Waals surface area contributed by atoms with Crippen molar-refractivity contribution in [2.24, 2.45) is 0 Å². The number of aromatic nitrogens is 3. The van der Waals surface area contributed by atoms with Crippen LogP contribution in [-0.2, 0) is 16.2 Å². The van der Waals surface area contributed by atoms with Crippen LogP contribution in [0.2, 0.25) is 0 Å². The highest BCUT2D eigenvalue weighted by Gasteiger charge is 2.32. The van der Waals surface area contributed by atoms with Crippen LogP contribution >= 0.6 is 0 Å². The van der Waals surface area contributed by atoms with E-state index >= 15 is 0 Å². The van der Waals surface area contributed by atoms with E-state index in [0.717, 1.165) is 29.2 Å². The van der Waals surface area contributed by atoms with Crippen LogP contribution in [0.25, 0.3) is 5.69 Å². The molecule has 9 nitrogen and oxygen atoms in total. The van der Waals surface area contributed by atoms with Crippen molar-refractivity contribution in [1.82, 2.24) is 14.8 Å². The zero-order valence-corrected chi connectivity index (χ0v) is 16.3. The van der Waals surface area contributed by atoms with Gasteiger partial charge in [0.25, 0.3) is 15.7 Å². The second kappa shape index (κ2) is 7.40. The summed E-state index contributed by atoms with van der Waals surface area (Å²) in [6, 6.07) is 4.50. The highest BCUT2D eigenvalue weighted by molar-refractivity contribution is 7.92. The maximum atomic E-state index is 13.2. The zero-order chi connectivity index (χ0) is 22.3. The monoisotopic (exact) mass is 441 g/mol. The second-order valence-electron chi connectivity index (χ2n) is 6.32. The van der Waals surface area contributed by atoms with E-state index in [1.807, 2.05) is 0 Å². The molecule has 2 aromatic carbocycles. The Bertz CT molecular complexity index is 1220. The Morgan fingerprint density at radius 2 is 1.87 bits per heavy atom. The number of halogens is 3. The molecular weight excluding hydrogens is 427 g/mol. The number of nitrogens with one attached hydrogen (secondary N) is 1. The van der Waals surface area contributed by atoms with Crippen LogP contribution in [0.3, 0.4) is 0 Å². The van der Waals surface area contributed by atoms with Crippen molar-refractivity contribution in [2.75, 3.05) is 4.72 Å². The molecule has 1 heterocycles. The van der Waals surface area contributed by atoms with Crippen LogP contribution in [-0.4, -0.2) is 28.1 Å². The van der Waals surface area contributed by atoms with Crippen LogP contribution < -0.4 is 4.72 Å². The summed E-state index contributed by atoms with van der Waals surface area (Å²) in [5.41, 5.74) is -1.41. The number of aryl methyl sites for hydroxylation is 1. The molecule has 0 spiro atoms. The summed E-state index contributed by atoms with van der Waals surface area (Å²) < 4.78 is 68.6. The van der Waals surface area contributed by atoms with E-state index in [9.17, 15) is 31.7 Å². The van der Waals surface area contributed by atoms with Gasteiger partial charge < -0.3 is 0 Å². The number of alkyl halides is 3. The van der Waals surface area contributed by atoms with Gasteiger partial charge in [-0.1, -0.05) is 0 Å². The highest BCUT2D eigenvalue weighted by atomic mass is 32.2. The van der Waals surface area contributed by atoms with Crippen LogP contribution in [0.5, 0.6) is 0 Å². The molecule has 0 saturated heterocycles. The Kier molecular flexibility index (Phi) is 5.24. The molecule has 3 rings (SSSR count). The molecule has 0 saturated carbocycles. The molecule has 0 atom stereocenters. The summed E-state index contributed by atoms with van der Waals surface area (Å²) in [4.78, 5) is 13.6. The third-order valence-electron chi connectivity index (χ3n) is 4.34. The van der Waals surface area contributed by atoms with Gasteiger partial charge in [0.15, 0.2) is 0 Å². The minimum Gasteiger partial charge on any atom is -0.277 e. The van der Waals surface area contributed by atoms with Crippen molar-refractivity contribution in [3.8, 4) is 5.69 Å². The fourth-order valence-electron chi connectivity index (χ4n) is 2.72. The van der Waals surface area contributed by atoms with E-state index in [-0.39, 0.29) is 11.3 Å². The third-order valence-corrected chi connectivity index (χ3v) is 5.83. The average Bonchev–Trinajstić information content (AvgIpc) is 3.16. The van der Waals surface area contributed by atoms with Crippen molar-refractivity contribution in [1.29, 1.82) is 0 Å². The number of nitro benzene ring substituents is 1. The first-order valence-corrected chi connectivity index (χ1v) is 9.73. The maximum absolute atomic E-state index is 13.2. The minimum atomic E-state index is -4.72. The summed E-state index contributed by atoms with van der Waals surface area (Å²) >= 11 is 0. The van der Waals surface area contributed by atoms with Gasteiger partial charge >= 0.3 is 6.18 Å². The number of benzene rings is 2. The fourth-order valence-corrected chi connectivity index (χ4v) is 4.12. The number of non-ortho nitro benzene ring substituents is 1. The summed E-state index contributed by atoms with van der Waals surface area (Å²) in [5.74, 6) is 0. The summed E-state index contributed by atoms with van der Waals surface area (Å²) in [6.45, 7) is 2.94. The molecule has 30 heavy (non-hydrogen) atoms. The zero-order valence-electron chi connectivity index (χ0n) is 15.5. The van der Waals surface area contributed by atoms with Crippen LogP contribution in [0.1, 0.15) is 16.7 Å². The first kappa shape index (κ1) is 21.2. The van der Waals surface area contributed by atoms with Gasteiger partial charge in [-0.05, 0) is 43.2 Å². The number of sulfonamides is 1. The number of hydrogen-bond donors (Lipinski definition) is 1. The predicted octanol–water partition coefficient (Wildman–Crippen LogP) is 3.61. The molecule has 0 aliphatic carbocycles. The number of rotatable bonds is 5. The van der Waals surface area contributed by atoms with E-state index in [1.54, 1.807) is 0 Å². The van der Waals surface area contributed by atoms with Gasteiger partial charge in [-0.2, -0.15) is 18.3 Å². The Balaban J connectivity index is 2.16. The van der Waals surface area contributed by atoms with Crippen molar-refractivity contribution < 1.29 is 26.5 Å². The average molecular weight is 441 g/mol. The van der Waals surface area contributed by atoms with Gasteiger partial charge in [0.2, 0.25) is 0 Å². The number of nitrogens with zero attached hydrogens (tertiary/aromatic N) is 4. The van der Waals surface area contributed by atoms with Crippen LogP contribution in [0, 0.1) is 24.0 Å². The standard InChI is InChI=1S/C17H14F3N5O4S/c1-10-5-13(25(26)27)7-16(11(10)2)30(28,29)23-14-6-12(17(18,19)20)3-4-15(14)24-9-21-8-22-24/h3-9,23H,1-2H3. The number of nitro groups is 1. The van der Waals surface area contributed by atoms with E-state index in [0.29, 0.717) is 11.6 Å². The Morgan fingerprint density at radius 3 is 2.43 bits per heavy atom. The summed E-state index contributed by atoms with van der Waals surface area (Å²) in [6.07, 6.45) is -2.41. The van der Waals surface area contributed by atoms with Gasteiger partial charge in [-0.15, -0.1) is 0 Å². The largest absolute Gasteiger partial charge is 0.416 e. The summed E-state index contributed by atoms with van der Waals surface area (Å²) in [5, 5.41) is 14.9. The lowest BCUT2D eigenvalue weighted by Gasteiger charge is -2.16. The third kappa shape index (κ3) is 4.10. The topological polar surface area (TPSA) is 120 Å². The SMILES string of the molecule is Cc1cc([N+](=O)[O-])cc(S(=O)(=O)Nc2cc(C(F)(F)F)ccc2-n2cncn2)c1C. The predicted molar refractivity (Wildman–Crippen MR) is 99.7 cm³/mol. The van der Waals surface area contributed by atoms with Crippen molar-refractivity contribution in [3.63, 3.8) is 0 Å². The molecule has 0 amide bonds. The smallest absolute Gasteiger partial charge is 0.277 e. The number of anilines is 1. The molecule has 0 aliphatic rings. The van der Waals surface area contributed by atoms with Crippen molar-refractivity contribution >= 4 is 21.4 Å². The van der Waals surface area contributed by atoms with E-state index in [2.05, 4.69) is 14.8 Å². The van der Waals surface area contributed by atoms with E-state index in [4.69, 9.17) is 0 Å². The maximum Gasteiger partial charge on any atom is 0.416 e. The lowest BCUT2D eigenvalue weighted by atomic mass is 10.1. The lowest BCUT2D eigenvalue weighted by molar-refractivity contribution is -0.385. The number of hydrogen-bond acceptors (Lipinski definition) is 6. The van der Waals surface area contributed by atoms with Gasteiger partial charge in [0.05, 0.1) is 26.8 Å². The van der Waals surface area contributed by atoms with E-state index in [1.165, 1.54) is 26.2 Å². The quantitative estimate of drug-likeness (QED) is 0.477. The molecule has 0 radical (unpaired) electrons. The fraction of sp³-hybridized carbons (Fsp3) is 0.176.